The molecule has 0 spiro atoms. The highest BCUT2D eigenvalue weighted by atomic mass is 79.9. The van der Waals surface area contributed by atoms with E-state index in [4.69, 9.17) is 4.74 Å². The molecule has 0 bridgehead atoms. The number of hydrogen-bond acceptors (Lipinski definition) is 4. The van der Waals surface area contributed by atoms with Gasteiger partial charge in [-0.1, -0.05) is 0 Å². The first-order chi connectivity index (χ1) is 8.20. The lowest BCUT2D eigenvalue weighted by Crippen LogP contribution is -2.28. The summed E-state index contributed by atoms with van der Waals surface area (Å²) in [5.74, 6) is 0. The highest BCUT2D eigenvalue weighted by Gasteiger charge is 2.19. The van der Waals surface area contributed by atoms with Crippen LogP contribution in [0.3, 0.4) is 0 Å². The van der Waals surface area contributed by atoms with Gasteiger partial charge in [0.25, 0.3) is 0 Å². The molecular weight excluding hydrogens is 300 g/mol. The van der Waals surface area contributed by atoms with E-state index in [1.807, 2.05) is 13.0 Å². The molecule has 17 heavy (non-hydrogen) atoms. The predicted molar refractivity (Wildman–Crippen MR) is 72.1 cm³/mol. The first kappa shape index (κ1) is 13.0. The van der Waals surface area contributed by atoms with Gasteiger partial charge >= 0.3 is 0 Å². The largest absolute Gasteiger partial charge is 0.377 e. The Morgan fingerprint density at radius 3 is 3.12 bits per heavy atom. The van der Waals surface area contributed by atoms with Gasteiger partial charge in [-0.25, -0.2) is 0 Å². The van der Waals surface area contributed by atoms with Crippen LogP contribution in [0.25, 0.3) is 0 Å². The Kier molecular flexibility index (Phi) is 4.57. The van der Waals surface area contributed by atoms with E-state index in [1.54, 1.807) is 11.3 Å². The molecule has 1 aliphatic rings. The molecule has 1 aliphatic heterocycles. The van der Waals surface area contributed by atoms with Crippen LogP contribution < -0.4 is 5.32 Å². The zero-order valence-electron chi connectivity index (χ0n) is 9.70. The monoisotopic (exact) mass is 314 g/mol. The molecule has 2 atom stereocenters. The Hall–Kier alpha value is -0.410. The van der Waals surface area contributed by atoms with Gasteiger partial charge in [-0.15, -0.1) is 11.3 Å². The number of thiophene rings is 1. The Balaban J connectivity index is 1.94. The number of ether oxygens (including phenoxy) is 1. The summed E-state index contributed by atoms with van der Waals surface area (Å²) < 4.78 is 6.62. The molecule has 0 aromatic carbocycles. The van der Waals surface area contributed by atoms with Crippen molar-refractivity contribution in [1.29, 1.82) is 5.26 Å². The Labute approximate surface area is 114 Å². The number of nitrogens with one attached hydrogen (secondary N) is 1. The van der Waals surface area contributed by atoms with Crippen LogP contribution in [0.1, 0.15) is 28.6 Å². The summed E-state index contributed by atoms with van der Waals surface area (Å²) in [5, 5.41) is 12.5. The number of rotatable bonds is 4. The minimum Gasteiger partial charge on any atom is -0.377 e. The fourth-order valence-electron chi connectivity index (χ4n) is 1.89. The molecule has 0 saturated carbocycles. The maximum Gasteiger partial charge on any atom is 0.130 e. The fourth-order valence-corrected chi connectivity index (χ4v) is 3.47. The van der Waals surface area contributed by atoms with Crippen molar-refractivity contribution < 1.29 is 4.74 Å². The first-order valence-electron chi connectivity index (χ1n) is 5.71. The van der Waals surface area contributed by atoms with Crippen LogP contribution in [-0.4, -0.2) is 19.3 Å². The molecular formula is C12H15BrN2OS. The van der Waals surface area contributed by atoms with Gasteiger partial charge in [0.05, 0.1) is 12.2 Å². The second-order valence-electron chi connectivity index (χ2n) is 4.16. The quantitative estimate of drug-likeness (QED) is 0.928. The van der Waals surface area contributed by atoms with Crippen molar-refractivity contribution in [3.05, 3.63) is 20.3 Å². The molecule has 1 aromatic rings. The maximum atomic E-state index is 9.19. The summed E-state index contributed by atoms with van der Waals surface area (Å²) in [6.45, 7) is 3.66. The van der Waals surface area contributed by atoms with Crippen LogP contribution in [0.15, 0.2) is 10.5 Å². The zero-order chi connectivity index (χ0) is 12.3. The topological polar surface area (TPSA) is 45.0 Å². The number of aryl methyl sites for hydroxylation is 1. The highest BCUT2D eigenvalue weighted by Crippen LogP contribution is 2.30. The molecule has 0 radical (unpaired) electrons. The molecule has 1 saturated heterocycles. The third-order valence-corrected chi connectivity index (χ3v) is 5.06. The van der Waals surface area contributed by atoms with Gasteiger partial charge < -0.3 is 4.74 Å². The highest BCUT2D eigenvalue weighted by molar-refractivity contribution is 9.10. The van der Waals surface area contributed by atoms with E-state index in [-0.39, 0.29) is 12.1 Å². The lowest BCUT2D eigenvalue weighted by Gasteiger charge is -2.13. The molecule has 1 fully saturated rings. The standard InChI is InChI=1S/C12H15BrN2OS/c1-8-10(13)5-12(17-8)11(6-14)15-7-9-3-2-4-16-9/h5,9,11,15H,2-4,7H2,1H3. The zero-order valence-corrected chi connectivity index (χ0v) is 12.1. The van der Waals surface area contributed by atoms with Crippen LogP contribution in [0, 0.1) is 18.3 Å². The molecule has 5 heteroatoms. The molecule has 0 aliphatic carbocycles. The molecule has 1 aromatic heterocycles. The minimum absolute atomic E-state index is 0.228. The summed E-state index contributed by atoms with van der Waals surface area (Å²) in [7, 11) is 0. The minimum atomic E-state index is -0.228. The van der Waals surface area contributed by atoms with Crippen LogP contribution in [0.5, 0.6) is 0 Å². The molecule has 2 rings (SSSR count). The van der Waals surface area contributed by atoms with Gasteiger partial charge in [0.1, 0.15) is 6.04 Å². The molecule has 1 N–H and O–H groups in total. The van der Waals surface area contributed by atoms with Crippen molar-refractivity contribution in [1.82, 2.24) is 5.32 Å². The smallest absolute Gasteiger partial charge is 0.130 e. The third-order valence-electron chi connectivity index (χ3n) is 2.86. The van der Waals surface area contributed by atoms with Crippen molar-refractivity contribution >= 4 is 27.3 Å². The van der Waals surface area contributed by atoms with Crippen molar-refractivity contribution in [2.75, 3.05) is 13.2 Å². The van der Waals surface area contributed by atoms with Crippen LogP contribution >= 0.6 is 27.3 Å². The summed E-state index contributed by atoms with van der Waals surface area (Å²) >= 11 is 5.14. The predicted octanol–water partition coefficient (Wildman–Crippen LogP) is 3.15. The molecule has 92 valence electrons. The van der Waals surface area contributed by atoms with E-state index in [0.717, 1.165) is 35.3 Å². The average Bonchev–Trinajstić information content (AvgIpc) is 2.91. The Bertz CT molecular complexity index is 401. The summed E-state index contributed by atoms with van der Waals surface area (Å²) in [6, 6.07) is 4.10. The van der Waals surface area contributed by atoms with Crippen molar-refractivity contribution in [3.63, 3.8) is 0 Å². The van der Waals surface area contributed by atoms with E-state index < -0.39 is 0 Å². The summed E-state index contributed by atoms with van der Waals surface area (Å²) in [5.41, 5.74) is 0. The van der Waals surface area contributed by atoms with Gasteiger partial charge in [0, 0.05) is 27.4 Å². The fraction of sp³-hybridized carbons (Fsp3) is 0.583. The lowest BCUT2D eigenvalue weighted by molar-refractivity contribution is 0.109. The average molecular weight is 315 g/mol. The second-order valence-corrected chi connectivity index (χ2v) is 6.30. The Morgan fingerprint density at radius 1 is 1.76 bits per heavy atom. The van der Waals surface area contributed by atoms with Gasteiger partial charge in [-0.3, -0.25) is 5.32 Å². The van der Waals surface area contributed by atoms with Gasteiger partial charge in [0.2, 0.25) is 0 Å². The van der Waals surface area contributed by atoms with E-state index in [2.05, 4.69) is 27.3 Å². The molecule has 3 nitrogen and oxygen atoms in total. The van der Waals surface area contributed by atoms with Crippen LogP contribution in [0.2, 0.25) is 0 Å². The molecule has 0 amide bonds. The maximum absolute atomic E-state index is 9.19. The lowest BCUT2D eigenvalue weighted by atomic mass is 10.2. The van der Waals surface area contributed by atoms with Crippen molar-refractivity contribution in [2.45, 2.75) is 31.9 Å². The molecule has 2 heterocycles. The Morgan fingerprint density at radius 2 is 2.59 bits per heavy atom. The second kappa shape index (κ2) is 5.96. The normalized spacial score (nSPS) is 21.4. The number of nitrogens with zero attached hydrogens (tertiary/aromatic N) is 1. The van der Waals surface area contributed by atoms with Crippen LogP contribution in [-0.2, 0) is 4.74 Å². The van der Waals surface area contributed by atoms with E-state index in [0.29, 0.717) is 0 Å². The van der Waals surface area contributed by atoms with Gasteiger partial charge in [0.15, 0.2) is 0 Å². The van der Waals surface area contributed by atoms with Gasteiger partial charge in [-0.05, 0) is 41.8 Å². The first-order valence-corrected chi connectivity index (χ1v) is 7.32. The number of hydrogen-bond donors (Lipinski definition) is 1. The van der Waals surface area contributed by atoms with E-state index >= 15 is 0 Å². The SMILES string of the molecule is Cc1sc(C(C#N)NCC2CCCO2)cc1Br. The summed E-state index contributed by atoms with van der Waals surface area (Å²) in [6.07, 6.45) is 2.50. The third kappa shape index (κ3) is 3.29. The van der Waals surface area contributed by atoms with E-state index in [1.165, 1.54) is 4.88 Å². The number of nitriles is 1. The number of halogens is 1. The van der Waals surface area contributed by atoms with Crippen molar-refractivity contribution in [3.8, 4) is 6.07 Å². The van der Waals surface area contributed by atoms with E-state index in [9.17, 15) is 5.26 Å². The van der Waals surface area contributed by atoms with Crippen molar-refractivity contribution in [2.24, 2.45) is 0 Å². The van der Waals surface area contributed by atoms with Gasteiger partial charge in [-0.2, -0.15) is 5.26 Å². The summed E-state index contributed by atoms with van der Waals surface area (Å²) in [4.78, 5) is 2.27. The molecule has 2 unspecified atom stereocenters. The van der Waals surface area contributed by atoms with Crippen LogP contribution in [0.4, 0.5) is 0 Å².